The molecule has 6 heteroatoms. The minimum absolute atomic E-state index is 0.0587. The average Bonchev–Trinajstić information content (AvgIpc) is 2.06. The predicted octanol–water partition coefficient (Wildman–Crippen LogP) is 2.26. The fourth-order valence-electron chi connectivity index (χ4n) is 1.12. The number of nitrogens with one attached hydrogen (secondary N) is 1. The highest BCUT2D eigenvalue weighted by Crippen LogP contribution is 2.27. The van der Waals surface area contributed by atoms with Crippen molar-refractivity contribution in [3.8, 4) is 11.5 Å². The van der Waals surface area contributed by atoms with Crippen LogP contribution in [0.5, 0.6) is 11.5 Å². The Morgan fingerprint density at radius 1 is 1.44 bits per heavy atom. The molecule has 1 aromatic rings. The van der Waals surface area contributed by atoms with E-state index in [1.54, 1.807) is 6.92 Å². The van der Waals surface area contributed by atoms with E-state index in [1.807, 2.05) is 0 Å². The largest absolute Gasteiger partial charge is 0.433 e. The van der Waals surface area contributed by atoms with E-state index in [1.165, 1.54) is 18.2 Å². The Bertz CT molecular complexity index is 402. The molecule has 0 saturated heterocycles. The number of benzene rings is 1. The van der Waals surface area contributed by atoms with E-state index in [9.17, 15) is 8.78 Å². The van der Waals surface area contributed by atoms with E-state index < -0.39 is 12.1 Å². The van der Waals surface area contributed by atoms with Gasteiger partial charge in [0.15, 0.2) is 0 Å². The third-order valence-corrected chi connectivity index (χ3v) is 1.66. The zero-order valence-electron chi connectivity index (χ0n) is 8.88. The van der Waals surface area contributed by atoms with Crippen LogP contribution in [-0.2, 0) is 0 Å². The lowest BCUT2D eigenvalue weighted by molar-refractivity contribution is -0.159. The first-order valence-electron chi connectivity index (χ1n) is 4.47. The number of alkyl halides is 2. The number of hydrogen-bond donors (Lipinski definition) is 2. The van der Waals surface area contributed by atoms with Crippen LogP contribution in [-0.4, -0.2) is 12.1 Å². The average molecular weight is 230 g/mol. The van der Waals surface area contributed by atoms with Crippen molar-refractivity contribution in [3.63, 3.8) is 0 Å². The molecule has 0 aromatic heterocycles. The number of ether oxygens (including phenoxy) is 2. The second-order valence-electron chi connectivity index (χ2n) is 3.30. The lowest BCUT2D eigenvalue weighted by Crippen LogP contribution is -2.20. The smallest absolute Gasteiger partial charge is 0.394 e. The summed E-state index contributed by atoms with van der Waals surface area (Å²) in [5.74, 6) is 0.361. The standard InChI is InChI=1S/C10H12F2N2O2/c1-6-5-7(15-9(13)14)3-4-8(6)16-10(2,11)12/h3-5H,1-2H3,(H3,13,14). The Morgan fingerprint density at radius 2 is 2.06 bits per heavy atom. The molecule has 1 aromatic carbocycles. The molecule has 0 amide bonds. The second kappa shape index (κ2) is 4.34. The van der Waals surface area contributed by atoms with Crippen LogP contribution >= 0.6 is 0 Å². The fraction of sp³-hybridized carbons (Fsp3) is 0.300. The molecule has 0 aliphatic rings. The van der Waals surface area contributed by atoms with Gasteiger partial charge in [-0.15, -0.1) is 0 Å². The molecule has 1 rings (SSSR count). The van der Waals surface area contributed by atoms with Gasteiger partial charge in [-0.3, -0.25) is 5.41 Å². The molecule has 0 spiro atoms. The van der Waals surface area contributed by atoms with E-state index in [2.05, 4.69) is 4.74 Å². The zero-order chi connectivity index (χ0) is 12.3. The molecule has 16 heavy (non-hydrogen) atoms. The summed E-state index contributed by atoms with van der Waals surface area (Å²) in [4.78, 5) is 0. The fourth-order valence-corrected chi connectivity index (χ4v) is 1.12. The monoisotopic (exact) mass is 230 g/mol. The van der Waals surface area contributed by atoms with Gasteiger partial charge in [-0.25, -0.2) is 0 Å². The van der Waals surface area contributed by atoms with Gasteiger partial charge in [0, 0.05) is 6.92 Å². The summed E-state index contributed by atoms with van der Waals surface area (Å²) in [6.07, 6.45) is -3.23. The van der Waals surface area contributed by atoms with E-state index in [4.69, 9.17) is 15.9 Å². The highest BCUT2D eigenvalue weighted by molar-refractivity contribution is 5.70. The molecule has 0 heterocycles. The van der Waals surface area contributed by atoms with Crippen LogP contribution in [0.1, 0.15) is 12.5 Å². The molecule has 0 fully saturated rings. The predicted molar refractivity (Wildman–Crippen MR) is 55.0 cm³/mol. The highest BCUT2D eigenvalue weighted by Gasteiger charge is 2.24. The lowest BCUT2D eigenvalue weighted by Gasteiger charge is -2.15. The van der Waals surface area contributed by atoms with Crippen LogP contribution < -0.4 is 15.2 Å². The van der Waals surface area contributed by atoms with Crippen molar-refractivity contribution in [2.45, 2.75) is 20.0 Å². The quantitative estimate of drug-likeness (QED) is 0.618. The Balaban J connectivity index is 2.87. The van der Waals surface area contributed by atoms with Crippen molar-refractivity contribution < 1.29 is 18.3 Å². The second-order valence-corrected chi connectivity index (χ2v) is 3.30. The molecular formula is C10H12F2N2O2. The van der Waals surface area contributed by atoms with Gasteiger partial charge < -0.3 is 15.2 Å². The number of rotatable bonds is 3. The van der Waals surface area contributed by atoms with Crippen LogP contribution in [0, 0.1) is 12.3 Å². The van der Waals surface area contributed by atoms with Gasteiger partial charge in [-0.05, 0) is 30.7 Å². The van der Waals surface area contributed by atoms with Crippen molar-refractivity contribution in [2.75, 3.05) is 0 Å². The maximum Gasteiger partial charge on any atom is 0.394 e. The van der Waals surface area contributed by atoms with Crippen LogP contribution in [0.3, 0.4) is 0 Å². The Hall–Kier alpha value is -1.85. The van der Waals surface area contributed by atoms with E-state index in [0.29, 0.717) is 18.2 Å². The number of aryl methyl sites for hydroxylation is 1. The summed E-state index contributed by atoms with van der Waals surface area (Å²) in [5, 5.41) is 6.90. The number of hydrogen-bond acceptors (Lipinski definition) is 3. The normalized spacial score (nSPS) is 11.0. The van der Waals surface area contributed by atoms with Crippen molar-refractivity contribution in [1.82, 2.24) is 0 Å². The molecule has 4 nitrogen and oxygen atoms in total. The minimum Gasteiger partial charge on any atom is -0.433 e. The summed E-state index contributed by atoms with van der Waals surface area (Å²) < 4.78 is 34.4. The van der Waals surface area contributed by atoms with E-state index in [0.717, 1.165) is 0 Å². The third-order valence-electron chi connectivity index (χ3n) is 1.66. The Labute approximate surface area is 91.5 Å². The van der Waals surface area contributed by atoms with Gasteiger partial charge in [-0.1, -0.05) is 0 Å². The van der Waals surface area contributed by atoms with Gasteiger partial charge in [0.25, 0.3) is 6.02 Å². The molecule has 0 unspecified atom stereocenters. The summed E-state index contributed by atoms with van der Waals surface area (Å²) in [6, 6.07) is 3.73. The van der Waals surface area contributed by atoms with Crippen LogP contribution in [0.2, 0.25) is 0 Å². The van der Waals surface area contributed by atoms with Gasteiger partial charge in [0.05, 0.1) is 0 Å². The topological polar surface area (TPSA) is 68.3 Å². The Morgan fingerprint density at radius 3 is 2.50 bits per heavy atom. The van der Waals surface area contributed by atoms with Gasteiger partial charge in [-0.2, -0.15) is 8.78 Å². The molecule has 0 atom stereocenters. The van der Waals surface area contributed by atoms with Crippen molar-refractivity contribution in [1.29, 1.82) is 5.41 Å². The molecular weight excluding hydrogens is 218 g/mol. The number of nitrogens with two attached hydrogens (primary N) is 1. The number of halogens is 2. The van der Waals surface area contributed by atoms with E-state index in [-0.39, 0.29) is 5.75 Å². The maximum absolute atomic E-state index is 12.6. The maximum atomic E-state index is 12.6. The SMILES string of the molecule is Cc1cc(OC(=N)N)ccc1OC(C)(F)F. The lowest BCUT2D eigenvalue weighted by atomic mass is 10.2. The molecule has 0 radical (unpaired) electrons. The molecule has 0 saturated carbocycles. The van der Waals surface area contributed by atoms with E-state index >= 15 is 0 Å². The van der Waals surface area contributed by atoms with Gasteiger partial charge >= 0.3 is 6.11 Å². The number of amidine groups is 1. The summed E-state index contributed by atoms with van der Waals surface area (Å²) in [6.45, 7) is 2.25. The molecule has 0 aliphatic carbocycles. The van der Waals surface area contributed by atoms with Crippen molar-refractivity contribution in [2.24, 2.45) is 5.73 Å². The first-order valence-corrected chi connectivity index (χ1v) is 4.47. The van der Waals surface area contributed by atoms with Crippen LogP contribution in [0.15, 0.2) is 18.2 Å². The highest BCUT2D eigenvalue weighted by atomic mass is 19.3. The summed E-state index contributed by atoms with van der Waals surface area (Å²) >= 11 is 0. The molecule has 0 aliphatic heterocycles. The molecule has 3 N–H and O–H groups in total. The van der Waals surface area contributed by atoms with Crippen molar-refractivity contribution >= 4 is 6.02 Å². The first-order chi connectivity index (χ1) is 7.28. The molecule has 0 bridgehead atoms. The zero-order valence-corrected chi connectivity index (χ0v) is 8.88. The first kappa shape index (κ1) is 12.2. The van der Waals surface area contributed by atoms with Gasteiger partial charge in [0.2, 0.25) is 0 Å². The van der Waals surface area contributed by atoms with Crippen LogP contribution in [0.4, 0.5) is 8.78 Å². The van der Waals surface area contributed by atoms with Crippen molar-refractivity contribution in [3.05, 3.63) is 23.8 Å². The molecule has 88 valence electrons. The third kappa shape index (κ3) is 3.72. The van der Waals surface area contributed by atoms with Crippen LogP contribution in [0.25, 0.3) is 0 Å². The summed E-state index contributed by atoms with van der Waals surface area (Å²) in [5.41, 5.74) is 5.50. The minimum atomic E-state index is -3.23. The summed E-state index contributed by atoms with van der Waals surface area (Å²) in [7, 11) is 0. The Kier molecular flexibility index (Phi) is 3.31. The van der Waals surface area contributed by atoms with Gasteiger partial charge in [0.1, 0.15) is 11.5 Å².